The molecule has 0 unspecified atom stereocenters. The van der Waals surface area contributed by atoms with Gasteiger partial charge in [0.05, 0.1) is 11.1 Å². The van der Waals surface area contributed by atoms with E-state index in [0.717, 1.165) is 0 Å². The summed E-state index contributed by atoms with van der Waals surface area (Å²) in [4.78, 5) is 0. The molecular formula is C14H10FN3O. The lowest BCUT2D eigenvalue weighted by Gasteiger charge is -1.99. The van der Waals surface area contributed by atoms with E-state index in [9.17, 15) is 4.39 Å². The quantitative estimate of drug-likeness (QED) is 0.714. The van der Waals surface area contributed by atoms with Crippen molar-refractivity contribution in [2.24, 2.45) is 0 Å². The molecule has 3 rings (SSSR count). The normalized spacial score (nSPS) is 10.6. The van der Waals surface area contributed by atoms with E-state index in [-0.39, 0.29) is 17.3 Å². The molecule has 2 aromatic carbocycles. The molecule has 0 aliphatic carbocycles. The zero-order valence-electron chi connectivity index (χ0n) is 9.88. The molecule has 0 radical (unpaired) electrons. The molecule has 0 bridgehead atoms. The van der Waals surface area contributed by atoms with E-state index in [2.05, 4.69) is 10.2 Å². The maximum Gasteiger partial charge on any atom is 0.251 e. The zero-order valence-corrected chi connectivity index (χ0v) is 9.88. The Hall–Kier alpha value is -2.69. The van der Waals surface area contributed by atoms with Crippen molar-refractivity contribution in [2.75, 3.05) is 5.73 Å². The lowest BCUT2D eigenvalue weighted by Crippen LogP contribution is -1.88. The summed E-state index contributed by atoms with van der Waals surface area (Å²) in [6, 6.07) is 13.4. The fourth-order valence-electron chi connectivity index (χ4n) is 1.77. The number of anilines is 1. The zero-order chi connectivity index (χ0) is 13.2. The minimum Gasteiger partial charge on any atom is -0.416 e. The number of hydrogen-bond acceptors (Lipinski definition) is 4. The Morgan fingerprint density at radius 1 is 0.842 bits per heavy atom. The first-order valence-corrected chi connectivity index (χ1v) is 5.69. The Morgan fingerprint density at radius 2 is 1.42 bits per heavy atom. The van der Waals surface area contributed by atoms with Gasteiger partial charge in [0.1, 0.15) is 5.82 Å². The predicted molar refractivity (Wildman–Crippen MR) is 69.5 cm³/mol. The van der Waals surface area contributed by atoms with E-state index in [1.54, 1.807) is 30.3 Å². The molecule has 4 nitrogen and oxygen atoms in total. The van der Waals surface area contributed by atoms with Crippen LogP contribution in [0.2, 0.25) is 0 Å². The van der Waals surface area contributed by atoms with Crippen LogP contribution < -0.4 is 5.73 Å². The highest BCUT2D eigenvalue weighted by Gasteiger charge is 2.14. The summed E-state index contributed by atoms with van der Waals surface area (Å²) < 4.78 is 19.1. The number of benzene rings is 2. The molecule has 0 aliphatic heterocycles. The van der Waals surface area contributed by atoms with Crippen molar-refractivity contribution in [1.82, 2.24) is 10.2 Å². The van der Waals surface area contributed by atoms with Gasteiger partial charge in [-0.1, -0.05) is 24.3 Å². The molecule has 1 heterocycles. The third-order valence-electron chi connectivity index (χ3n) is 2.72. The van der Waals surface area contributed by atoms with Crippen molar-refractivity contribution in [3.63, 3.8) is 0 Å². The SMILES string of the molecule is Nc1ccccc1-c1nnc(-c2ccccc2F)o1. The minimum absolute atomic E-state index is 0.136. The highest BCUT2D eigenvalue weighted by atomic mass is 19.1. The highest BCUT2D eigenvalue weighted by Crippen LogP contribution is 2.28. The molecule has 0 atom stereocenters. The Morgan fingerprint density at radius 3 is 2.11 bits per heavy atom. The van der Waals surface area contributed by atoms with Gasteiger partial charge in [-0.05, 0) is 24.3 Å². The van der Waals surface area contributed by atoms with E-state index < -0.39 is 5.82 Å². The second-order valence-corrected chi connectivity index (χ2v) is 3.98. The largest absolute Gasteiger partial charge is 0.416 e. The number of nitrogens with two attached hydrogens (primary N) is 1. The van der Waals surface area contributed by atoms with Crippen LogP contribution in [0.4, 0.5) is 10.1 Å². The predicted octanol–water partition coefficient (Wildman–Crippen LogP) is 3.12. The smallest absolute Gasteiger partial charge is 0.251 e. The first kappa shape index (κ1) is 11.4. The molecule has 0 saturated heterocycles. The number of rotatable bonds is 2. The Labute approximate surface area is 108 Å². The number of halogens is 1. The van der Waals surface area contributed by atoms with Crippen molar-refractivity contribution < 1.29 is 8.81 Å². The van der Waals surface area contributed by atoms with E-state index >= 15 is 0 Å². The van der Waals surface area contributed by atoms with Crippen LogP contribution in [0.1, 0.15) is 0 Å². The Balaban J connectivity index is 2.06. The van der Waals surface area contributed by atoms with Crippen LogP contribution in [-0.2, 0) is 0 Å². The maximum absolute atomic E-state index is 13.6. The fraction of sp³-hybridized carbons (Fsp3) is 0. The van der Waals surface area contributed by atoms with E-state index in [4.69, 9.17) is 10.2 Å². The molecule has 0 spiro atoms. The number of para-hydroxylation sites is 1. The van der Waals surface area contributed by atoms with Gasteiger partial charge >= 0.3 is 0 Å². The third-order valence-corrected chi connectivity index (χ3v) is 2.72. The van der Waals surface area contributed by atoms with Crippen LogP contribution in [0.5, 0.6) is 0 Å². The van der Waals surface area contributed by atoms with E-state index in [1.807, 2.05) is 12.1 Å². The highest BCUT2D eigenvalue weighted by molar-refractivity contribution is 5.70. The van der Waals surface area contributed by atoms with Gasteiger partial charge in [0.15, 0.2) is 0 Å². The van der Waals surface area contributed by atoms with Gasteiger partial charge in [-0.2, -0.15) is 0 Å². The summed E-state index contributed by atoms with van der Waals surface area (Å²) in [6.07, 6.45) is 0. The van der Waals surface area contributed by atoms with Gasteiger partial charge < -0.3 is 10.2 Å². The molecule has 0 amide bonds. The molecule has 0 saturated carbocycles. The van der Waals surface area contributed by atoms with Gasteiger partial charge in [-0.25, -0.2) is 4.39 Å². The first-order valence-electron chi connectivity index (χ1n) is 5.69. The second-order valence-electron chi connectivity index (χ2n) is 3.98. The molecule has 0 fully saturated rings. The van der Waals surface area contributed by atoms with Crippen LogP contribution in [0, 0.1) is 5.82 Å². The lowest BCUT2D eigenvalue weighted by molar-refractivity contribution is 0.571. The van der Waals surface area contributed by atoms with Crippen molar-refractivity contribution in [3.8, 4) is 22.9 Å². The number of hydrogen-bond donors (Lipinski definition) is 1. The van der Waals surface area contributed by atoms with Gasteiger partial charge in [0.2, 0.25) is 5.89 Å². The topological polar surface area (TPSA) is 64.9 Å². The summed E-state index contributed by atoms with van der Waals surface area (Å²) in [6.45, 7) is 0. The van der Waals surface area contributed by atoms with Gasteiger partial charge in [-0.15, -0.1) is 10.2 Å². The monoisotopic (exact) mass is 255 g/mol. The van der Waals surface area contributed by atoms with Crippen molar-refractivity contribution in [1.29, 1.82) is 0 Å². The Kier molecular flexibility index (Phi) is 2.72. The van der Waals surface area contributed by atoms with Crippen molar-refractivity contribution >= 4 is 5.69 Å². The van der Waals surface area contributed by atoms with Gasteiger partial charge in [0.25, 0.3) is 5.89 Å². The molecule has 0 aliphatic rings. The summed E-state index contributed by atoms with van der Waals surface area (Å²) in [5, 5.41) is 7.75. The first-order chi connectivity index (χ1) is 9.25. The standard InChI is InChI=1S/C14H10FN3O/c15-11-7-3-1-5-9(11)13-17-18-14(19-13)10-6-2-4-8-12(10)16/h1-8H,16H2. The van der Waals surface area contributed by atoms with Gasteiger partial charge in [-0.3, -0.25) is 0 Å². The number of aromatic nitrogens is 2. The number of nitrogen functional groups attached to an aromatic ring is 1. The molecule has 94 valence electrons. The van der Waals surface area contributed by atoms with Crippen LogP contribution in [0.15, 0.2) is 52.9 Å². The van der Waals surface area contributed by atoms with Crippen LogP contribution in [0.25, 0.3) is 22.9 Å². The molecule has 2 N–H and O–H groups in total. The summed E-state index contributed by atoms with van der Waals surface area (Å²) in [5.74, 6) is 0.00596. The molecule has 3 aromatic rings. The van der Waals surface area contributed by atoms with Gasteiger partial charge in [0, 0.05) is 5.69 Å². The second kappa shape index (κ2) is 4.53. The van der Waals surface area contributed by atoms with E-state index in [1.165, 1.54) is 6.07 Å². The number of nitrogens with zero attached hydrogens (tertiary/aromatic N) is 2. The molecular weight excluding hydrogens is 245 g/mol. The summed E-state index contributed by atoms with van der Waals surface area (Å²) in [7, 11) is 0. The van der Waals surface area contributed by atoms with Crippen LogP contribution >= 0.6 is 0 Å². The summed E-state index contributed by atoms with van der Waals surface area (Å²) in [5.41, 5.74) is 7.27. The Bertz CT molecular complexity index is 664. The van der Waals surface area contributed by atoms with Crippen LogP contribution in [0.3, 0.4) is 0 Å². The maximum atomic E-state index is 13.6. The van der Waals surface area contributed by atoms with E-state index in [0.29, 0.717) is 11.3 Å². The molecule has 19 heavy (non-hydrogen) atoms. The average Bonchev–Trinajstić information content (AvgIpc) is 2.89. The fourth-order valence-corrected chi connectivity index (χ4v) is 1.77. The minimum atomic E-state index is -0.404. The average molecular weight is 255 g/mol. The third kappa shape index (κ3) is 2.06. The van der Waals surface area contributed by atoms with Crippen LogP contribution in [-0.4, -0.2) is 10.2 Å². The lowest BCUT2D eigenvalue weighted by atomic mass is 10.2. The molecule has 5 heteroatoms. The summed E-state index contributed by atoms with van der Waals surface area (Å²) >= 11 is 0. The molecule has 1 aromatic heterocycles. The van der Waals surface area contributed by atoms with Crippen molar-refractivity contribution in [2.45, 2.75) is 0 Å². The van der Waals surface area contributed by atoms with Crippen molar-refractivity contribution in [3.05, 3.63) is 54.3 Å².